The number of aryl methyl sites for hydroxylation is 1. The second-order valence-electron chi connectivity index (χ2n) is 8.19. The largest absolute Gasteiger partial charge is 0.376 e. The maximum Gasteiger partial charge on any atom is 0.296 e. The predicted octanol–water partition coefficient (Wildman–Crippen LogP) is 2.52. The van der Waals surface area contributed by atoms with Crippen molar-refractivity contribution < 1.29 is 4.74 Å². The van der Waals surface area contributed by atoms with Gasteiger partial charge in [0.15, 0.2) is 0 Å². The first-order chi connectivity index (χ1) is 12.1. The van der Waals surface area contributed by atoms with Gasteiger partial charge in [-0.15, -0.1) is 10.2 Å². The Balaban J connectivity index is 1.61. The Morgan fingerprint density at radius 1 is 1.12 bits per heavy atom. The van der Waals surface area contributed by atoms with Crippen LogP contribution in [-0.4, -0.2) is 31.9 Å². The van der Waals surface area contributed by atoms with Crippen LogP contribution in [0.1, 0.15) is 62.2 Å². The first kappa shape index (κ1) is 15.6. The summed E-state index contributed by atoms with van der Waals surface area (Å²) in [7, 11) is 0. The second kappa shape index (κ2) is 5.40. The average Bonchev–Trinajstić information content (AvgIpc) is 3.54. The van der Waals surface area contributed by atoms with E-state index in [1.165, 1.54) is 32.1 Å². The van der Waals surface area contributed by atoms with Gasteiger partial charge in [-0.2, -0.15) is 0 Å². The van der Waals surface area contributed by atoms with Gasteiger partial charge in [-0.3, -0.25) is 9.20 Å². The molecule has 2 aromatic heterocycles. The highest BCUT2D eigenvalue weighted by molar-refractivity contribution is 5.42. The lowest BCUT2D eigenvalue weighted by Gasteiger charge is -2.25. The predicted molar refractivity (Wildman–Crippen MR) is 93.9 cm³/mol. The van der Waals surface area contributed by atoms with Crippen LogP contribution >= 0.6 is 0 Å². The van der Waals surface area contributed by atoms with Crippen molar-refractivity contribution in [3.8, 4) is 0 Å². The molecule has 0 bridgehead atoms. The zero-order valence-electron chi connectivity index (χ0n) is 15.1. The Morgan fingerprint density at radius 3 is 2.56 bits per heavy atom. The van der Waals surface area contributed by atoms with E-state index in [9.17, 15) is 4.79 Å². The van der Waals surface area contributed by atoms with Crippen LogP contribution in [0.3, 0.4) is 0 Å². The summed E-state index contributed by atoms with van der Waals surface area (Å²) in [6, 6.07) is 0. The summed E-state index contributed by atoms with van der Waals surface area (Å²) in [4.78, 5) is 13.1. The fourth-order valence-corrected chi connectivity index (χ4v) is 4.65. The molecule has 6 nitrogen and oxygen atoms in total. The third-order valence-corrected chi connectivity index (χ3v) is 6.62. The van der Waals surface area contributed by atoms with E-state index in [1.807, 2.05) is 11.5 Å². The maximum absolute atomic E-state index is 13.1. The van der Waals surface area contributed by atoms with Crippen molar-refractivity contribution in [2.45, 2.75) is 76.9 Å². The van der Waals surface area contributed by atoms with Gasteiger partial charge in [0, 0.05) is 23.4 Å². The molecule has 0 N–H and O–H groups in total. The minimum absolute atomic E-state index is 0.0254. The lowest BCUT2D eigenvalue weighted by molar-refractivity contribution is 0.00509. The highest BCUT2D eigenvalue weighted by Crippen LogP contribution is 2.61. The number of hydrogen-bond acceptors (Lipinski definition) is 4. The van der Waals surface area contributed by atoms with Gasteiger partial charge in [0.25, 0.3) is 5.56 Å². The molecule has 1 aliphatic heterocycles. The lowest BCUT2D eigenvalue weighted by atomic mass is 9.99. The van der Waals surface area contributed by atoms with Gasteiger partial charge in [0.05, 0.1) is 12.6 Å². The van der Waals surface area contributed by atoms with Gasteiger partial charge in [0.2, 0.25) is 5.65 Å². The van der Waals surface area contributed by atoms with Gasteiger partial charge >= 0.3 is 0 Å². The van der Waals surface area contributed by atoms with Crippen LogP contribution in [0.15, 0.2) is 4.79 Å². The van der Waals surface area contributed by atoms with Gasteiger partial charge in [-0.25, -0.2) is 0 Å². The summed E-state index contributed by atoms with van der Waals surface area (Å²) in [6.07, 6.45) is 8.44. The van der Waals surface area contributed by atoms with Crippen LogP contribution in [-0.2, 0) is 16.7 Å². The monoisotopic (exact) mass is 342 g/mol. The minimum Gasteiger partial charge on any atom is -0.376 e. The quantitative estimate of drug-likeness (QED) is 0.856. The number of fused-ring (bicyclic) bond motifs is 1. The zero-order chi connectivity index (χ0) is 17.2. The minimum atomic E-state index is -0.0254. The molecule has 2 saturated carbocycles. The number of hydrogen-bond donors (Lipinski definition) is 0. The Labute approximate surface area is 147 Å². The molecule has 1 saturated heterocycles. The summed E-state index contributed by atoms with van der Waals surface area (Å²) in [5, 5.41) is 8.84. The molecule has 1 atom stereocenters. The van der Waals surface area contributed by atoms with Crippen molar-refractivity contribution in [1.82, 2.24) is 19.2 Å². The molecule has 134 valence electrons. The van der Waals surface area contributed by atoms with Crippen LogP contribution in [0.2, 0.25) is 0 Å². The van der Waals surface area contributed by atoms with Crippen LogP contribution < -0.4 is 5.56 Å². The molecule has 6 heteroatoms. The fourth-order valence-electron chi connectivity index (χ4n) is 4.65. The van der Waals surface area contributed by atoms with E-state index in [0.717, 1.165) is 42.6 Å². The molecule has 2 aliphatic carbocycles. The van der Waals surface area contributed by atoms with E-state index in [4.69, 9.17) is 4.74 Å². The molecule has 0 radical (unpaired) electrons. The van der Waals surface area contributed by atoms with Crippen LogP contribution in [0.4, 0.5) is 0 Å². The highest BCUT2D eigenvalue weighted by Gasteiger charge is 2.58. The molecule has 0 unspecified atom stereocenters. The van der Waals surface area contributed by atoms with E-state index < -0.39 is 0 Å². The zero-order valence-corrected chi connectivity index (χ0v) is 15.1. The van der Waals surface area contributed by atoms with E-state index >= 15 is 0 Å². The SMILES string of the molecule is Cc1c(C)n2c(C3(C4CC4)CC3)nnc2c(=O)n1C[C@@H]1CCCCO1. The normalized spacial score (nSPS) is 25.4. The second-order valence-corrected chi connectivity index (χ2v) is 8.19. The van der Waals surface area contributed by atoms with Crippen molar-refractivity contribution in [3.05, 3.63) is 27.6 Å². The third-order valence-electron chi connectivity index (χ3n) is 6.62. The Bertz CT molecular complexity index is 883. The molecule has 3 heterocycles. The first-order valence-corrected chi connectivity index (χ1v) is 9.69. The van der Waals surface area contributed by atoms with E-state index in [2.05, 4.69) is 21.5 Å². The standard InChI is InChI=1S/C19H26N4O2/c1-12-13(2)23-16(17(24)22(12)11-15-5-3-4-10-25-15)20-21-18(23)19(8-9-19)14-6-7-14/h14-15H,3-11H2,1-2H3/t15-/m0/s1. The summed E-state index contributed by atoms with van der Waals surface area (Å²) in [5.74, 6) is 1.78. The number of aromatic nitrogens is 4. The number of ether oxygens (including phenoxy) is 1. The molecule has 2 aromatic rings. The summed E-state index contributed by atoms with van der Waals surface area (Å²) in [6.45, 7) is 5.56. The molecule has 0 spiro atoms. The molecule has 25 heavy (non-hydrogen) atoms. The molecular formula is C19H26N4O2. The molecule has 3 fully saturated rings. The third kappa shape index (κ3) is 2.30. The first-order valence-electron chi connectivity index (χ1n) is 9.69. The topological polar surface area (TPSA) is 61.4 Å². The van der Waals surface area contributed by atoms with Crippen LogP contribution in [0, 0.1) is 19.8 Å². The lowest BCUT2D eigenvalue weighted by Crippen LogP contribution is -2.34. The average molecular weight is 342 g/mol. The molecule has 0 aromatic carbocycles. The number of rotatable bonds is 4. The van der Waals surface area contributed by atoms with Gasteiger partial charge in [-0.05, 0) is 64.7 Å². The van der Waals surface area contributed by atoms with Crippen molar-refractivity contribution in [2.75, 3.05) is 6.61 Å². The molecule has 3 aliphatic rings. The Morgan fingerprint density at radius 2 is 1.92 bits per heavy atom. The smallest absolute Gasteiger partial charge is 0.296 e. The molecular weight excluding hydrogens is 316 g/mol. The van der Waals surface area contributed by atoms with Crippen molar-refractivity contribution in [3.63, 3.8) is 0 Å². The van der Waals surface area contributed by atoms with E-state index in [0.29, 0.717) is 12.2 Å². The summed E-state index contributed by atoms with van der Waals surface area (Å²) < 4.78 is 9.76. The van der Waals surface area contributed by atoms with Gasteiger partial charge in [0.1, 0.15) is 5.82 Å². The van der Waals surface area contributed by atoms with E-state index in [1.54, 1.807) is 0 Å². The van der Waals surface area contributed by atoms with Crippen LogP contribution in [0.25, 0.3) is 5.65 Å². The fraction of sp³-hybridized carbons (Fsp3) is 0.737. The summed E-state index contributed by atoms with van der Waals surface area (Å²) in [5.41, 5.74) is 2.77. The highest BCUT2D eigenvalue weighted by atomic mass is 16.5. The van der Waals surface area contributed by atoms with Crippen LogP contribution in [0.5, 0.6) is 0 Å². The maximum atomic E-state index is 13.1. The van der Waals surface area contributed by atoms with Gasteiger partial charge < -0.3 is 9.30 Å². The Kier molecular flexibility index (Phi) is 3.36. The van der Waals surface area contributed by atoms with Gasteiger partial charge in [-0.1, -0.05) is 0 Å². The van der Waals surface area contributed by atoms with Crippen molar-refractivity contribution >= 4 is 5.65 Å². The van der Waals surface area contributed by atoms with Crippen molar-refractivity contribution in [1.29, 1.82) is 0 Å². The molecule has 0 amide bonds. The Hall–Kier alpha value is -1.69. The van der Waals surface area contributed by atoms with E-state index in [-0.39, 0.29) is 17.1 Å². The molecule has 5 rings (SSSR count). The van der Waals surface area contributed by atoms with Crippen molar-refractivity contribution in [2.24, 2.45) is 5.92 Å². The summed E-state index contributed by atoms with van der Waals surface area (Å²) >= 11 is 0. The number of nitrogens with zero attached hydrogens (tertiary/aromatic N) is 4.